The number of thiazole rings is 1. The van der Waals surface area contributed by atoms with E-state index in [0.29, 0.717) is 23.9 Å². The number of carbonyl (C=O) groups excluding carboxylic acids is 2. The van der Waals surface area contributed by atoms with Crippen molar-refractivity contribution in [1.82, 2.24) is 10.3 Å². The van der Waals surface area contributed by atoms with E-state index in [9.17, 15) is 27.2 Å². The Morgan fingerprint density at radius 3 is 2.89 bits per heavy atom. The molecule has 0 radical (unpaired) electrons. The van der Waals surface area contributed by atoms with Crippen LogP contribution in [-0.4, -0.2) is 36.2 Å². The van der Waals surface area contributed by atoms with Gasteiger partial charge in [-0.05, 0) is 24.1 Å². The second-order valence-electron chi connectivity index (χ2n) is 6.11. The van der Waals surface area contributed by atoms with Gasteiger partial charge in [0.2, 0.25) is 12.1 Å². The highest BCUT2D eigenvalue weighted by Crippen LogP contribution is 2.36. The molecule has 1 atom stereocenters. The second kappa shape index (κ2) is 8.13. The van der Waals surface area contributed by atoms with Crippen LogP contribution in [0, 0.1) is 0 Å². The van der Waals surface area contributed by atoms with Crippen molar-refractivity contribution in [2.45, 2.75) is 25.2 Å². The van der Waals surface area contributed by atoms with E-state index in [2.05, 4.69) is 15.6 Å². The van der Waals surface area contributed by atoms with E-state index in [1.165, 1.54) is 28.4 Å². The highest BCUT2D eigenvalue weighted by Gasteiger charge is 2.41. The number of hydrogen-bond acceptors (Lipinski definition) is 4. The number of benzene rings is 1. The lowest BCUT2D eigenvalue weighted by Crippen LogP contribution is -2.46. The van der Waals surface area contributed by atoms with Crippen molar-refractivity contribution in [2.24, 2.45) is 0 Å². The molecule has 2 N–H and O–H groups in total. The molecule has 1 aromatic carbocycles. The maximum absolute atomic E-state index is 13.4. The summed E-state index contributed by atoms with van der Waals surface area (Å²) in [6.07, 6.45) is -7.49. The SMILES string of the molecule is O=C(Cc1csc(N2CCCNC2=O)n1)Nc1cccc(C(F)C(F)(F)F)c1. The molecule has 150 valence electrons. The topological polar surface area (TPSA) is 74.3 Å². The van der Waals surface area contributed by atoms with Gasteiger partial charge >= 0.3 is 12.2 Å². The molecule has 1 aromatic heterocycles. The molecule has 2 heterocycles. The minimum Gasteiger partial charge on any atom is -0.338 e. The number of nitrogens with zero attached hydrogens (tertiary/aromatic N) is 2. The van der Waals surface area contributed by atoms with Crippen LogP contribution in [0.2, 0.25) is 0 Å². The minimum absolute atomic E-state index is 0.0558. The molecule has 3 rings (SSSR count). The number of aromatic nitrogens is 1. The Hall–Kier alpha value is -2.69. The third-order valence-corrected chi connectivity index (χ3v) is 4.85. The molecular weight excluding hydrogens is 400 g/mol. The summed E-state index contributed by atoms with van der Waals surface area (Å²) in [5.41, 5.74) is -0.108. The summed E-state index contributed by atoms with van der Waals surface area (Å²) in [6, 6.07) is 4.30. The molecule has 0 saturated carbocycles. The van der Waals surface area contributed by atoms with Gasteiger partial charge in [0.1, 0.15) is 0 Å². The predicted octanol–water partition coefficient (Wildman–Crippen LogP) is 3.82. The molecule has 1 saturated heterocycles. The lowest BCUT2D eigenvalue weighted by Gasteiger charge is -2.24. The van der Waals surface area contributed by atoms with E-state index in [-0.39, 0.29) is 18.1 Å². The van der Waals surface area contributed by atoms with Gasteiger partial charge in [-0.25, -0.2) is 14.2 Å². The number of alkyl halides is 4. The van der Waals surface area contributed by atoms with Gasteiger partial charge in [0.15, 0.2) is 5.13 Å². The smallest absolute Gasteiger partial charge is 0.338 e. The first-order valence-corrected chi connectivity index (χ1v) is 9.22. The number of urea groups is 1. The molecule has 0 bridgehead atoms. The summed E-state index contributed by atoms with van der Waals surface area (Å²) in [5.74, 6) is -0.514. The molecule has 2 aromatic rings. The first-order valence-electron chi connectivity index (χ1n) is 8.34. The summed E-state index contributed by atoms with van der Waals surface area (Å²) in [5, 5.41) is 7.23. The number of rotatable bonds is 5. The van der Waals surface area contributed by atoms with Crippen molar-refractivity contribution in [2.75, 3.05) is 23.3 Å². The van der Waals surface area contributed by atoms with E-state index in [4.69, 9.17) is 0 Å². The van der Waals surface area contributed by atoms with Crippen molar-refractivity contribution < 1.29 is 27.2 Å². The first kappa shape index (κ1) is 20.1. The summed E-state index contributed by atoms with van der Waals surface area (Å²) < 4.78 is 50.9. The van der Waals surface area contributed by atoms with Crippen LogP contribution in [0.5, 0.6) is 0 Å². The van der Waals surface area contributed by atoms with Gasteiger partial charge in [0, 0.05) is 24.2 Å². The fourth-order valence-electron chi connectivity index (χ4n) is 2.65. The Bertz CT molecular complexity index is 871. The summed E-state index contributed by atoms with van der Waals surface area (Å²) >= 11 is 1.22. The van der Waals surface area contributed by atoms with Crippen molar-refractivity contribution in [3.05, 3.63) is 40.9 Å². The fraction of sp³-hybridized carbons (Fsp3) is 0.353. The zero-order valence-electron chi connectivity index (χ0n) is 14.4. The molecule has 28 heavy (non-hydrogen) atoms. The maximum Gasteiger partial charge on any atom is 0.423 e. The molecule has 3 amide bonds. The molecule has 6 nitrogen and oxygen atoms in total. The van der Waals surface area contributed by atoms with Crippen LogP contribution in [0.1, 0.15) is 23.8 Å². The molecular formula is C17H16F4N4O2S. The van der Waals surface area contributed by atoms with E-state index in [1.807, 2.05) is 0 Å². The average Bonchev–Trinajstić information content (AvgIpc) is 3.09. The second-order valence-corrected chi connectivity index (χ2v) is 6.95. The number of anilines is 2. The zero-order chi connectivity index (χ0) is 20.3. The van der Waals surface area contributed by atoms with Gasteiger partial charge < -0.3 is 10.6 Å². The normalized spacial score (nSPS) is 15.9. The van der Waals surface area contributed by atoms with Crippen LogP contribution in [0.15, 0.2) is 29.6 Å². The van der Waals surface area contributed by atoms with Crippen LogP contribution < -0.4 is 15.5 Å². The highest BCUT2D eigenvalue weighted by atomic mass is 32.1. The molecule has 0 aliphatic carbocycles. The summed E-state index contributed by atoms with van der Waals surface area (Å²) in [6.45, 7) is 1.13. The molecule has 0 spiro atoms. The Labute approximate surface area is 161 Å². The molecule has 1 fully saturated rings. The van der Waals surface area contributed by atoms with Gasteiger partial charge in [0.05, 0.1) is 12.1 Å². The molecule has 1 aliphatic heterocycles. The van der Waals surface area contributed by atoms with Crippen LogP contribution >= 0.6 is 11.3 Å². The largest absolute Gasteiger partial charge is 0.423 e. The zero-order valence-corrected chi connectivity index (χ0v) is 15.2. The van der Waals surface area contributed by atoms with Crippen LogP contribution in [-0.2, 0) is 11.2 Å². The number of halogens is 4. The number of hydrogen-bond donors (Lipinski definition) is 2. The van der Waals surface area contributed by atoms with Gasteiger partial charge in [0.25, 0.3) is 0 Å². The van der Waals surface area contributed by atoms with Crippen LogP contribution in [0.25, 0.3) is 0 Å². The highest BCUT2D eigenvalue weighted by molar-refractivity contribution is 7.14. The van der Waals surface area contributed by atoms with E-state index >= 15 is 0 Å². The van der Waals surface area contributed by atoms with Gasteiger partial charge in [-0.2, -0.15) is 13.2 Å². The Morgan fingerprint density at radius 2 is 2.18 bits per heavy atom. The van der Waals surface area contributed by atoms with E-state index < -0.39 is 23.8 Å². The summed E-state index contributed by atoms with van der Waals surface area (Å²) in [7, 11) is 0. The summed E-state index contributed by atoms with van der Waals surface area (Å²) in [4.78, 5) is 29.7. The lowest BCUT2D eigenvalue weighted by atomic mass is 10.1. The van der Waals surface area contributed by atoms with E-state index in [1.54, 1.807) is 5.38 Å². The van der Waals surface area contributed by atoms with Crippen molar-refractivity contribution in [3.63, 3.8) is 0 Å². The number of nitrogens with one attached hydrogen (secondary N) is 2. The van der Waals surface area contributed by atoms with Crippen molar-refractivity contribution in [3.8, 4) is 0 Å². The molecule has 1 unspecified atom stereocenters. The first-order chi connectivity index (χ1) is 13.2. The maximum atomic E-state index is 13.4. The Balaban J connectivity index is 1.63. The quantitative estimate of drug-likeness (QED) is 0.728. The minimum atomic E-state index is -5.01. The number of amides is 3. The van der Waals surface area contributed by atoms with Crippen LogP contribution in [0.4, 0.5) is 33.2 Å². The molecule has 11 heteroatoms. The Morgan fingerprint density at radius 1 is 1.39 bits per heavy atom. The lowest BCUT2D eigenvalue weighted by molar-refractivity contribution is -0.182. The predicted molar refractivity (Wildman–Crippen MR) is 96.2 cm³/mol. The number of carbonyl (C=O) groups is 2. The van der Waals surface area contributed by atoms with E-state index in [0.717, 1.165) is 18.6 Å². The average molecular weight is 416 g/mol. The van der Waals surface area contributed by atoms with Gasteiger partial charge in [-0.15, -0.1) is 11.3 Å². The van der Waals surface area contributed by atoms with Crippen LogP contribution in [0.3, 0.4) is 0 Å². The monoisotopic (exact) mass is 416 g/mol. The van der Waals surface area contributed by atoms with Gasteiger partial charge in [-0.3, -0.25) is 9.69 Å². The third-order valence-electron chi connectivity index (χ3n) is 3.94. The van der Waals surface area contributed by atoms with Crippen molar-refractivity contribution >= 4 is 34.1 Å². The molecule has 1 aliphatic rings. The fourth-order valence-corrected chi connectivity index (χ4v) is 3.50. The van der Waals surface area contributed by atoms with Crippen molar-refractivity contribution in [1.29, 1.82) is 0 Å². The van der Waals surface area contributed by atoms with Gasteiger partial charge in [-0.1, -0.05) is 12.1 Å². The third kappa shape index (κ3) is 4.77. The Kier molecular flexibility index (Phi) is 5.82. The standard InChI is InChI=1S/C17H16F4N4O2S/c18-14(17(19,20)21)10-3-1-4-11(7-10)23-13(26)8-12-9-28-16(24-12)25-6-2-5-22-15(25)27/h1,3-4,7,9,14H,2,5-6,8H2,(H,22,27)(H,23,26).